The Morgan fingerprint density at radius 3 is 2.38 bits per heavy atom. The van der Waals surface area contributed by atoms with Crippen LogP contribution in [0.2, 0.25) is 0 Å². The van der Waals surface area contributed by atoms with Gasteiger partial charge in [-0.05, 0) is 49.1 Å². The van der Waals surface area contributed by atoms with Gasteiger partial charge in [0.15, 0.2) is 0 Å². The molecule has 0 bridgehead atoms. The molecule has 0 radical (unpaired) electrons. The van der Waals surface area contributed by atoms with Gasteiger partial charge in [0.1, 0.15) is 18.1 Å². The van der Waals surface area contributed by atoms with Crippen molar-refractivity contribution in [3.8, 4) is 17.0 Å². The lowest BCUT2D eigenvalue weighted by Crippen LogP contribution is -2.03. The summed E-state index contributed by atoms with van der Waals surface area (Å²) in [6.07, 6.45) is 0.120. The van der Waals surface area contributed by atoms with E-state index in [1.54, 1.807) is 0 Å². The van der Waals surface area contributed by atoms with E-state index >= 15 is 0 Å². The van der Waals surface area contributed by atoms with E-state index in [9.17, 15) is 4.79 Å². The van der Waals surface area contributed by atoms with Gasteiger partial charge in [-0.15, -0.1) is 0 Å². The summed E-state index contributed by atoms with van der Waals surface area (Å²) in [5.41, 5.74) is 5.27. The standard InChI is InChI=1S/C27H28N2O3/c1-18(2)29-25-16-20(9-14-24(25)27(28-29)22-7-5-4-6-8-22)17-32-23-12-10-21(11-13-23)19(3)15-26(30)31/h4-14,16,18-19H,15,17H2,1-3H3,(H,30,31). The molecule has 4 rings (SSSR count). The van der Waals surface area contributed by atoms with Crippen LogP contribution in [0.3, 0.4) is 0 Å². The monoisotopic (exact) mass is 428 g/mol. The molecule has 5 heteroatoms. The summed E-state index contributed by atoms with van der Waals surface area (Å²) in [5, 5.41) is 15.0. The summed E-state index contributed by atoms with van der Waals surface area (Å²) in [4.78, 5) is 10.9. The molecule has 1 unspecified atom stereocenters. The third-order valence-electron chi connectivity index (χ3n) is 5.64. The largest absolute Gasteiger partial charge is 0.489 e. The Bertz CT molecular complexity index is 1210. The number of carbonyl (C=O) groups is 1. The minimum atomic E-state index is -0.788. The van der Waals surface area contributed by atoms with Crippen LogP contribution in [0.25, 0.3) is 22.2 Å². The zero-order valence-corrected chi connectivity index (χ0v) is 18.7. The maximum Gasteiger partial charge on any atom is 0.303 e. The summed E-state index contributed by atoms with van der Waals surface area (Å²) < 4.78 is 8.07. The molecule has 4 aromatic rings. The summed E-state index contributed by atoms with van der Waals surface area (Å²) in [6, 6.07) is 24.5. The molecular formula is C27H28N2O3. The quantitative estimate of drug-likeness (QED) is 0.351. The lowest BCUT2D eigenvalue weighted by molar-refractivity contribution is -0.137. The van der Waals surface area contributed by atoms with Gasteiger partial charge < -0.3 is 9.84 Å². The van der Waals surface area contributed by atoms with Gasteiger partial charge in [0.2, 0.25) is 0 Å². The third-order valence-corrected chi connectivity index (χ3v) is 5.64. The van der Waals surface area contributed by atoms with Crippen molar-refractivity contribution in [1.29, 1.82) is 0 Å². The highest BCUT2D eigenvalue weighted by molar-refractivity contribution is 5.93. The highest BCUT2D eigenvalue weighted by Gasteiger charge is 2.15. The number of fused-ring (bicyclic) bond motifs is 1. The molecule has 32 heavy (non-hydrogen) atoms. The number of benzene rings is 3. The van der Waals surface area contributed by atoms with Crippen molar-refractivity contribution < 1.29 is 14.6 Å². The molecule has 0 saturated heterocycles. The molecule has 0 spiro atoms. The summed E-state index contributed by atoms with van der Waals surface area (Å²) in [6.45, 7) is 6.64. The van der Waals surface area contributed by atoms with Crippen LogP contribution in [0.5, 0.6) is 5.75 Å². The van der Waals surface area contributed by atoms with Gasteiger partial charge in [0.05, 0.1) is 11.9 Å². The Balaban J connectivity index is 1.54. The maximum atomic E-state index is 10.9. The van der Waals surface area contributed by atoms with E-state index < -0.39 is 5.97 Å². The highest BCUT2D eigenvalue weighted by Crippen LogP contribution is 2.31. The molecule has 0 aliphatic heterocycles. The van der Waals surface area contributed by atoms with Crippen molar-refractivity contribution in [3.05, 3.63) is 83.9 Å². The molecule has 3 aromatic carbocycles. The smallest absolute Gasteiger partial charge is 0.303 e. The molecule has 1 heterocycles. The average molecular weight is 429 g/mol. The Morgan fingerprint density at radius 1 is 1.00 bits per heavy atom. The number of ether oxygens (including phenoxy) is 1. The summed E-state index contributed by atoms with van der Waals surface area (Å²) in [5.74, 6) is -0.0536. The van der Waals surface area contributed by atoms with Gasteiger partial charge in [-0.1, -0.05) is 61.5 Å². The van der Waals surface area contributed by atoms with Crippen LogP contribution in [-0.4, -0.2) is 20.9 Å². The normalized spacial score (nSPS) is 12.2. The second-order valence-electron chi connectivity index (χ2n) is 8.46. The van der Waals surface area contributed by atoms with Gasteiger partial charge in [0.25, 0.3) is 0 Å². The Hall–Kier alpha value is -3.60. The van der Waals surface area contributed by atoms with Crippen LogP contribution in [0.4, 0.5) is 0 Å². The van der Waals surface area contributed by atoms with Crippen LogP contribution < -0.4 is 4.74 Å². The zero-order chi connectivity index (χ0) is 22.7. The second kappa shape index (κ2) is 9.27. The van der Waals surface area contributed by atoms with E-state index in [2.05, 4.69) is 48.9 Å². The van der Waals surface area contributed by atoms with E-state index in [1.165, 1.54) is 0 Å². The molecule has 5 nitrogen and oxygen atoms in total. The van der Waals surface area contributed by atoms with Crippen LogP contribution in [0.1, 0.15) is 50.3 Å². The first-order chi connectivity index (χ1) is 15.4. The molecule has 0 aliphatic rings. The van der Waals surface area contributed by atoms with E-state index in [4.69, 9.17) is 14.9 Å². The van der Waals surface area contributed by atoms with Crippen molar-refractivity contribution >= 4 is 16.9 Å². The number of aromatic nitrogens is 2. The molecule has 164 valence electrons. The van der Waals surface area contributed by atoms with Crippen LogP contribution in [0.15, 0.2) is 72.8 Å². The zero-order valence-electron chi connectivity index (χ0n) is 18.7. The summed E-state index contributed by atoms with van der Waals surface area (Å²) in [7, 11) is 0. The third kappa shape index (κ3) is 4.67. The number of rotatable bonds is 8. The lowest BCUT2D eigenvalue weighted by atomic mass is 9.98. The first-order valence-corrected chi connectivity index (χ1v) is 10.9. The first-order valence-electron chi connectivity index (χ1n) is 10.9. The minimum Gasteiger partial charge on any atom is -0.489 e. The molecule has 1 N–H and O–H groups in total. The average Bonchev–Trinajstić information content (AvgIpc) is 3.17. The number of carboxylic acid groups (broad SMARTS) is 1. The molecule has 0 fully saturated rings. The topological polar surface area (TPSA) is 64.3 Å². The molecule has 0 aliphatic carbocycles. The minimum absolute atomic E-state index is 0.0286. The Morgan fingerprint density at radius 2 is 1.72 bits per heavy atom. The van der Waals surface area contributed by atoms with Gasteiger partial charge >= 0.3 is 5.97 Å². The SMILES string of the molecule is CC(CC(=O)O)c1ccc(OCc2ccc3c(-c4ccccc4)nn(C(C)C)c3c2)cc1. The van der Waals surface area contributed by atoms with Crippen molar-refractivity contribution in [2.45, 2.75) is 45.8 Å². The van der Waals surface area contributed by atoms with Gasteiger partial charge in [0, 0.05) is 17.0 Å². The lowest BCUT2D eigenvalue weighted by Gasteiger charge is -2.12. The van der Waals surface area contributed by atoms with Crippen LogP contribution in [0, 0.1) is 0 Å². The fourth-order valence-electron chi connectivity index (χ4n) is 3.91. The number of hydrogen-bond donors (Lipinski definition) is 1. The predicted octanol–water partition coefficient (Wildman–Crippen LogP) is 6.44. The van der Waals surface area contributed by atoms with E-state index in [1.807, 2.05) is 49.4 Å². The molecule has 0 saturated carbocycles. The van der Waals surface area contributed by atoms with E-state index in [0.29, 0.717) is 6.61 Å². The second-order valence-corrected chi connectivity index (χ2v) is 8.46. The van der Waals surface area contributed by atoms with Crippen molar-refractivity contribution in [3.63, 3.8) is 0 Å². The number of hydrogen-bond acceptors (Lipinski definition) is 3. The van der Waals surface area contributed by atoms with E-state index in [-0.39, 0.29) is 18.4 Å². The van der Waals surface area contributed by atoms with Gasteiger partial charge in [-0.25, -0.2) is 0 Å². The first kappa shape index (κ1) is 21.6. The van der Waals surface area contributed by atoms with Crippen molar-refractivity contribution in [2.75, 3.05) is 0 Å². The fraction of sp³-hybridized carbons (Fsp3) is 0.259. The molecule has 1 aromatic heterocycles. The Kier molecular flexibility index (Phi) is 6.26. The highest BCUT2D eigenvalue weighted by atomic mass is 16.5. The number of carboxylic acids is 1. The Labute approximate surface area is 188 Å². The predicted molar refractivity (Wildman–Crippen MR) is 127 cm³/mol. The van der Waals surface area contributed by atoms with E-state index in [0.717, 1.165) is 39.0 Å². The van der Waals surface area contributed by atoms with Gasteiger partial charge in [-0.3, -0.25) is 9.48 Å². The van der Waals surface area contributed by atoms with Crippen molar-refractivity contribution in [1.82, 2.24) is 9.78 Å². The fourth-order valence-corrected chi connectivity index (χ4v) is 3.91. The van der Waals surface area contributed by atoms with Crippen LogP contribution in [-0.2, 0) is 11.4 Å². The van der Waals surface area contributed by atoms with Gasteiger partial charge in [-0.2, -0.15) is 5.10 Å². The van der Waals surface area contributed by atoms with Crippen LogP contribution >= 0.6 is 0 Å². The molecule has 0 amide bonds. The summed E-state index contributed by atoms with van der Waals surface area (Å²) >= 11 is 0. The molecule has 1 atom stereocenters. The van der Waals surface area contributed by atoms with Crippen molar-refractivity contribution in [2.24, 2.45) is 0 Å². The maximum absolute atomic E-state index is 10.9. The number of nitrogens with zero attached hydrogens (tertiary/aromatic N) is 2. The number of aliphatic carboxylic acids is 1. The molecular weight excluding hydrogens is 400 g/mol.